The second-order valence-electron chi connectivity index (χ2n) is 5.20. The Morgan fingerprint density at radius 3 is 2.29 bits per heavy atom. The Hall–Kier alpha value is -1.68. The lowest BCUT2D eigenvalue weighted by Crippen LogP contribution is -2.25. The molecule has 0 atom stereocenters. The summed E-state index contributed by atoms with van der Waals surface area (Å²) >= 11 is 0. The van der Waals surface area contributed by atoms with Gasteiger partial charge in [-0.1, -0.05) is 43.2 Å². The van der Waals surface area contributed by atoms with Crippen molar-refractivity contribution in [1.29, 1.82) is 0 Å². The van der Waals surface area contributed by atoms with Crippen molar-refractivity contribution in [2.45, 2.75) is 44.9 Å². The van der Waals surface area contributed by atoms with E-state index in [0.29, 0.717) is 19.4 Å². The fourth-order valence-corrected chi connectivity index (χ4v) is 2.12. The molecule has 1 aromatic rings. The van der Waals surface area contributed by atoms with Crippen LogP contribution in [0.25, 0.3) is 0 Å². The molecule has 0 spiro atoms. The van der Waals surface area contributed by atoms with Gasteiger partial charge in [0.15, 0.2) is 5.78 Å². The molecule has 1 amide bonds. The molecule has 0 fully saturated rings. The molecule has 4 nitrogen and oxygen atoms in total. The summed E-state index contributed by atoms with van der Waals surface area (Å²) in [5.74, 6) is -0.00831. The predicted octanol–water partition coefficient (Wildman–Crippen LogP) is 2.25. The van der Waals surface area contributed by atoms with E-state index in [-0.39, 0.29) is 18.3 Å². The lowest BCUT2D eigenvalue weighted by molar-refractivity contribution is -0.122. The van der Waals surface area contributed by atoms with Crippen molar-refractivity contribution in [2.24, 2.45) is 0 Å². The van der Waals surface area contributed by atoms with Gasteiger partial charge in [-0.25, -0.2) is 0 Å². The van der Waals surface area contributed by atoms with Gasteiger partial charge in [0.1, 0.15) is 6.61 Å². The number of rotatable bonds is 11. The van der Waals surface area contributed by atoms with Gasteiger partial charge in [0.05, 0.1) is 0 Å². The molecule has 0 aliphatic carbocycles. The average Bonchev–Trinajstić information content (AvgIpc) is 2.51. The van der Waals surface area contributed by atoms with Gasteiger partial charge in [-0.05, 0) is 24.8 Å². The molecule has 4 heteroatoms. The number of hydrogen-bond donors (Lipinski definition) is 2. The number of hydrogen-bond acceptors (Lipinski definition) is 3. The zero-order valence-electron chi connectivity index (χ0n) is 12.5. The van der Waals surface area contributed by atoms with E-state index in [1.807, 2.05) is 18.2 Å². The summed E-state index contributed by atoms with van der Waals surface area (Å²) in [6, 6.07) is 10.1. The average molecular weight is 291 g/mol. The van der Waals surface area contributed by atoms with E-state index in [0.717, 1.165) is 32.1 Å². The highest BCUT2D eigenvalue weighted by atomic mass is 16.3. The summed E-state index contributed by atoms with van der Waals surface area (Å²) in [6.07, 6.45) is 5.38. The van der Waals surface area contributed by atoms with Crippen LogP contribution in [-0.4, -0.2) is 29.9 Å². The Balaban J connectivity index is 1.95. The lowest BCUT2D eigenvalue weighted by Gasteiger charge is -2.05. The van der Waals surface area contributed by atoms with Gasteiger partial charge in [0.2, 0.25) is 5.91 Å². The molecule has 0 saturated carbocycles. The lowest BCUT2D eigenvalue weighted by atomic mass is 10.1. The monoisotopic (exact) mass is 291 g/mol. The molecule has 21 heavy (non-hydrogen) atoms. The third kappa shape index (κ3) is 8.97. The van der Waals surface area contributed by atoms with Crippen LogP contribution in [0.1, 0.15) is 44.1 Å². The van der Waals surface area contributed by atoms with Gasteiger partial charge < -0.3 is 10.4 Å². The van der Waals surface area contributed by atoms with Crippen molar-refractivity contribution in [3.05, 3.63) is 35.9 Å². The first-order valence-electron chi connectivity index (χ1n) is 7.65. The number of benzene rings is 1. The topological polar surface area (TPSA) is 66.4 Å². The van der Waals surface area contributed by atoms with Crippen LogP contribution in [0.2, 0.25) is 0 Å². The zero-order chi connectivity index (χ0) is 15.3. The predicted molar refractivity (Wildman–Crippen MR) is 83.0 cm³/mol. The molecule has 0 aliphatic rings. The first kappa shape index (κ1) is 17.4. The summed E-state index contributed by atoms with van der Waals surface area (Å²) in [5.41, 5.74) is 1.23. The van der Waals surface area contributed by atoms with Crippen molar-refractivity contribution in [3.8, 4) is 0 Å². The van der Waals surface area contributed by atoms with Crippen molar-refractivity contribution >= 4 is 11.7 Å². The van der Waals surface area contributed by atoms with Crippen molar-refractivity contribution in [2.75, 3.05) is 13.2 Å². The molecule has 0 bridgehead atoms. The molecule has 0 heterocycles. The molecule has 0 unspecified atom stereocenters. The van der Waals surface area contributed by atoms with Crippen molar-refractivity contribution in [1.82, 2.24) is 5.32 Å². The third-order valence-electron chi connectivity index (χ3n) is 3.36. The van der Waals surface area contributed by atoms with Crippen molar-refractivity contribution in [3.63, 3.8) is 0 Å². The quantitative estimate of drug-likeness (QED) is 0.615. The van der Waals surface area contributed by atoms with E-state index >= 15 is 0 Å². The minimum absolute atomic E-state index is 0.0948. The number of Topliss-reactive ketones (excluding diaryl/α,β-unsaturated/α-hetero) is 1. The first-order valence-corrected chi connectivity index (χ1v) is 7.65. The number of aliphatic hydroxyl groups excluding tert-OH is 1. The normalized spacial score (nSPS) is 10.3. The van der Waals surface area contributed by atoms with Gasteiger partial charge in [0.25, 0.3) is 0 Å². The molecule has 0 radical (unpaired) electrons. The summed E-state index contributed by atoms with van der Waals surface area (Å²) < 4.78 is 0. The highest BCUT2D eigenvalue weighted by Crippen LogP contribution is 2.06. The number of carbonyl (C=O) groups excluding carboxylic acids is 2. The van der Waals surface area contributed by atoms with Crippen LogP contribution < -0.4 is 5.32 Å². The minimum atomic E-state index is -0.357. The number of aliphatic hydroxyl groups is 1. The molecule has 0 aliphatic heterocycles. The Labute approximate surface area is 126 Å². The maximum Gasteiger partial charge on any atom is 0.220 e. The maximum atomic E-state index is 11.6. The van der Waals surface area contributed by atoms with Crippen LogP contribution in [-0.2, 0) is 16.0 Å². The Kier molecular flexibility index (Phi) is 9.13. The second-order valence-corrected chi connectivity index (χ2v) is 5.20. The molecule has 0 aromatic heterocycles. The zero-order valence-corrected chi connectivity index (χ0v) is 12.5. The van der Waals surface area contributed by atoms with Crippen LogP contribution in [0, 0.1) is 0 Å². The van der Waals surface area contributed by atoms with E-state index in [2.05, 4.69) is 17.4 Å². The maximum absolute atomic E-state index is 11.6. The molecule has 1 aromatic carbocycles. The molecular weight excluding hydrogens is 266 g/mol. The van der Waals surface area contributed by atoms with Gasteiger partial charge in [0, 0.05) is 19.4 Å². The fourth-order valence-electron chi connectivity index (χ4n) is 2.12. The number of unbranched alkanes of at least 4 members (excludes halogenated alkanes) is 3. The van der Waals surface area contributed by atoms with E-state index in [1.165, 1.54) is 5.56 Å². The van der Waals surface area contributed by atoms with E-state index < -0.39 is 0 Å². The Bertz CT molecular complexity index is 417. The van der Waals surface area contributed by atoms with Crippen LogP contribution in [0.5, 0.6) is 0 Å². The SMILES string of the molecule is O=C(CO)CCCCCCC(=O)NCCc1ccccc1. The second kappa shape index (κ2) is 11.0. The molecule has 1 rings (SSSR count). The minimum Gasteiger partial charge on any atom is -0.389 e. The van der Waals surface area contributed by atoms with Crippen LogP contribution in [0.4, 0.5) is 0 Å². The number of carbonyl (C=O) groups is 2. The van der Waals surface area contributed by atoms with Crippen molar-refractivity contribution < 1.29 is 14.7 Å². The number of amides is 1. The van der Waals surface area contributed by atoms with E-state index in [9.17, 15) is 9.59 Å². The highest BCUT2D eigenvalue weighted by molar-refractivity contribution is 5.79. The van der Waals surface area contributed by atoms with E-state index in [1.54, 1.807) is 0 Å². The number of ketones is 1. The third-order valence-corrected chi connectivity index (χ3v) is 3.36. The molecule has 116 valence electrons. The molecule has 0 saturated heterocycles. The Morgan fingerprint density at radius 1 is 0.952 bits per heavy atom. The standard InChI is InChI=1S/C17H25NO3/c19-14-16(20)10-6-1-2-7-11-17(21)18-13-12-15-8-4-3-5-9-15/h3-5,8-9,19H,1-2,6-7,10-14H2,(H,18,21). The number of nitrogens with one attached hydrogen (secondary N) is 1. The first-order chi connectivity index (χ1) is 10.2. The Morgan fingerprint density at radius 2 is 1.62 bits per heavy atom. The summed E-state index contributed by atoms with van der Waals surface area (Å²) in [5, 5.41) is 11.5. The molecule has 2 N–H and O–H groups in total. The van der Waals surface area contributed by atoms with Gasteiger partial charge in [-0.15, -0.1) is 0 Å². The van der Waals surface area contributed by atoms with Crippen LogP contribution in [0.15, 0.2) is 30.3 Å². The van der Waals surface area contributed by atoms with Crippen LogP contribution in [0.3, 0.4) is 0 Å². The summed E-state index contributed by atoms with van der Waals surface area (Å²) in [7, 11) is 0. The molecular formula is C17H25NO3. The van der Waals surface area contributed by atoms with Gasteiger partial charge in [-0.2, -0.15) is 0 Å². The summed E-state index contributed by atoms with van der Waals surface area (Å²) in [4.78, 5) is 22.5. The van der Waals surface area contributed by atoms with Crippen LogP contribution >= 0.6 is 0 Å². The fraction of sp³-hybridized carbons (Fsp3) is 0.529. The van der Waals surface area contributed by atoms with Gasteiger partial charge >= 0.3 is 0 Å². The summed E-state index contributed by atoms with van der Waals surface area (Å²) in [6.45, 7) is 0.317. The van der Waals surface area contributed by atoms with E-state index in [4.69, 9.17) is 5.11 Å². The smallest absolute Gasteiger partial charge is 0.220 e. The van der Waals surface area contributed by atoms with Gasteiger partial charge in [-0.3, -0.25) is 9.59 Å². The highest BCUT2D eigenvalue weighted by Gasteiger charge is 2.02. The largest absolute Gasteiger partial charge is 0.389 e.